The standard InChI is InChI=1S/C28H33F3N4O5/c1-38-24-14-39-5-3-18(24)6-17-7-21-12-35(25(36)23-13-40-16-33-23)15-27(21,9-17)26(37)34-4-2-22-19(11-34)8-20(10-32-22)28(29,30)31/h8,10,13,16-18,21,24H,2-7,9,11-12,14-15H2,1H3/t17-,18?,21+,24?,27+/m1/s1. The monoisotopic (exact) mass is 562 g/mol. The van der Waals surface area contributed by atoms with Crippen molar-refractivity contribution in [3.8, 4) is 0 Å². The number of pyridine rings is 1. The molecule has 2 amide bonds. The summed E-state index contributed by atoms with van der Waals surface area (Å²) in [5, 5.41) is 0. The average molecular weight is 563 g/mol. The molecule has 1 aliphatic carbocycles. The summed E-state index contributed by atoms with van der Waals surface area (Å²) in [5.41, 5.74) is -0.399. The van der Waals surface area contributed by atoms with Crippen LogP contribution in [0.25, 0.3) is 0 Å². The van der Waals surface area contributed by atoms with Crippen molar-refractivity contribution in [2.24, 2.45) is 23.2 Å². The summed E-state index contributed by atoms with van der Waals surface area (Å²) in [6, 6.07) is 1.11. The molecule has 3 aliphatic heterocycles. The molecular formula is C28H33F3N4O5. The van der Waals surface area contributed by atoms with Gasteiger partial charge in [-0.15, -0.1) is 0 Å². The minimum absolute atomic E-state index is 0.0139. The number of carbonyl (C=O) groups excluding carboxylic acids is 2. The Morgan fingerprint density at radius 2 is 2.10 bits per heavy atom. The third-order valence-corrected chi connectivity index (χ3v) is 9.36. The maximum atomic E-state index is 14.4. The van der Waals surface area contributed by atoms with E-state index in [2.05, 4.69) is 9.97 Å². The summed E-state index contributed by atoms with van der Waals surface area (Å²) in [6.45, 7) is 2.39. The first-order valence-electron chi connectivity index (χ1n) is 13.8. The Labute approximate surface area is 230 Å². The van der Waals surface area contributed by atoms with Crippen molar-refractivity contribution in [2.75, 3.05) is 40.0 Å². The highest BCUT2D eigenvalue weighted by Crippen LogP contribution is 2.55. The van der Waals surface area contributed by atoms with E-state index in [0.717, 1.165) is 31.5 Å². The molecule has 216 valence electrons. The average Bonchev–Trinajstić information content (AvgIpc) is 3.67. The lowest BCUT2D eigenvalue weighted by Crippen LogP contribution is -2.49. The second-order valence-electron chi connectivity index (χ2n) is 11.7. The summed E-state index contributed by atoms with van der Waals surface area (Å²) in [7, 11) is 1.70. The van der Waals surface area contributed by atoms with Crippen LogP contribution in [-0.4, -0.2) is 77.6 Å². The molecule has 0 radical (unpaired) electrons. The van der Waals surface area contributed by atoms with Crippen molar-refractivity contribution in [3.63, 3.8) is 0 Å². The predicted molar refractivity (Wildman–Crippen MR) is 134 cm³/mol. The number of rotatable bonds is 5. The fraction of sp³-hybridized carbons (Fsp3) is 0.643. The molecular weight excluding hydrogens is 529 g/mol. The Morgan fingerprint density at radius 3 is 2.85 bits per heavy atom. The van der Waals surface area contributed by atoms with E-state index in [9.17, 15) is 22.8 Å². The number of methoxy groups -OCH3 is 1. The lowest BCUT2D eigenvalue weighted by molar-refractivity contribution is -0.144. The summed E-state index contributed by atoms with van der Waals surface area (Å²) in [5.74, 6) is 0.182. The molecule has 0 N–H and O–H groups in total. The smallest absolute Gasteiger partial charge is 0.417 e. The number of hydrogen-bond donors (Lipinski definition) is 0. The molecule has 2 unspecified atom stereocenters. The van der Waals surface area contributed by atoms with Gasteiger partial charge in [0.1, 0.15) is 6.26 Å². The highest BCUT2D eigenvalue weighted by atomic mass is 19.4. The topological polar surface area (TPSA) is 98.0 Å². The van der Waals surface area contributed by atoms with Crippen LogP contribution in [0.5, 0.6) is 0 Å². The quantitative estimate of drug-likeness (QED) is 0.550. The van der Waals surface area contributed by atoms with E-state index in [1.165, 1.54) is 12.7 Å². The van der Waals surface area contributed by atoms with E-state index in [0.29, 0.717) is 56.3 Å². The molecule has 5 atom stereocenters. The Bertz CT molecular complexity index is 1260. The second kappa shape index (κ2) is 10.4. The molecule has 5 heterocycles. The summed E-state index contributed by atoms with van der Waals surface area (Å²) < 4.78 is 56.4. The largest absolute Gasteiger partial charge is 0.451 e. The van der Waals surface area contributed by atoms with Crippen LogP contribution in [0.4, 0.5) is 13.2 Å². The van der Waals surface area contributed by atoms with Crippen LogP contribution < -0.4 is 0 Å². The highest BCUT2D eigenvalue weighted by Gasteiger charge is 2.59. The second-order valence-corrected chi connectivity index (χ2v) is 11.7. The molecule has 0 bridgehead atoms. The predicted octanol–water partition coefficient (Wildman–Crippen LogP) is 3.58. The number of alkyl halides is 3. The van der Waals surface area contributed by atoms with Crippen molar-refractivity contribution < 1.29 is 36.7 Å². The molecule has 3 fully saturated rings. The fourth-order valence-corrected chi connectivity index (χ4v) is 7.44. The number of amides is 2. The first kappa shape index (κ1) is 27.2. The van der Waals surface area contributed by atoms with Gasteiger partial charge < -0.3 is 23.7 Å². The van der Waals surface area contributed by atoms with Crippen molar-refractivity contribution >= 4 is 11.8 Å². The van der Waals surface area contributed by atoms with Crippen molar-refractivity contribution in [1.29, 1.82) is 0 Å². The van der Waals surface area contributed by atoms with Gasteiger partial charge in [-0.1, -0.05) is 0 Å². The van der Waals surface area contributed by atoms with E-state index in [1.807, 2.05) is 0 Å². The molecule has 9 nitrogen and oxygen atoms in total. The summed E-state index contributed by atoms with van der Waals surface area (Å²) in [4.78, 5) is 39.0. The molecule has 0 aromatic carbocycles. The van der Waals surface area contributed by atoms with Crippen LogP contribution in [-0.2, 0) is 33.4 Å². The number of hydrogen-bond acceptors (Lipinski definition) is 7. The van der Waals surface area contributed by atoms with Gasteiger partial charge in [-0.3, -0.25) is 14.6 Å². The Balaban J connectivity index is 1.25. The SMILES string of the molecule is COC1COCCC1C[C@@H]1C[C@H]2CN(C(=O)c3cocn3)C[C@@]2(C(=O)N2CCc3ncc(C(F)(F)F)cc3C2)C1. The highest BCUT2D eigenvalue weighted by molar-refractivity contribution is 5.93. The number of fused-ring (bicyclic) bond motifs is 2. The van der Waals surface area contributed by atoms with E-state index < -0.39 is 17.2 Å². The molecule has 2 aromatic heterocycles. The van der Waals surface area contributed by atoms with Gasteiger partial charge in [-0.05, 0) is 55.1 Å². The molecule has 2 saturated heterocycles. The summed E-state index contributed by atoms with van der Waals surface area (Å²) in [6.07, 6.45) is 2.49. The number of ether oxygens (including phenoxy) is 2. The van der Waals surface area contributed by atoms with Crippen LogP contribution in [0.2, 0.25) is 0 Å². The van der Waals surface area contributed by atoms with Gasteiger partial charge >= 0.3 is 6.18 Å². The van der Waals surface area contributed by atoms with Crippen LogP contribution in [0.3, 0.4) is 0 Å². The molecule has 1 saturated carbocycles. The number of oxazole rings is 1. The zero-order valence-corrected chi connectivity index (χ0v) is 22.4. The Kier molecular flexibility index (Phi) is 7.10. The van der Waals surface area contributed by atoms with Crippen LogP contribution in [0, 0.1) is 23.2 Å². The molecule has 40 heavy (non-hydrogen) atoms. The van der Waals surface area contributed by atoms with Gasteiger partial charge in [0.2, 0.25) is 5.91 Å². The first-order valence-corrected chi connectivity index (χ1v) is 13.8. The number of nitrogens with zero attached hydrogens (tertiary/aromatic N) is 4. The lowest BCUT2D eigenvalue weighted by Gasteiger charge is -2.37. The number of aromatic nitrogens is 2. The van der Waals surface area contributed by atoms with E-state index in [-0.39, 0.29) is 48.5 Å². The minimum atomic E-state index is -4.51. The van der Waals surface area contributed by atoms with Crippen LogP contribution >= 0.6 is 0 Å². The van der Waals surface area contributed by atoms with Gasteiger partial charge in [0.05, 0.1) is 23.7 Å². The van der Waals surface area contributed by atoms with Crippen molar-refractivity contribution in [1.82, 2.24) is 19.8 Å². The van der Waals surface area contributed by atoms with Crippen molar-refractivity contribution in [3.05, 3.63) is 47.4 Å². The Morgan fingerprint density at radius 1 is 1.25 bits per heavy atom. The zero-order chi connectivity index (χ0) is 28.1. The molecule has 4 aliphatic rings. The zero-order valence-electron chi connectivity index (χ0n) is 22.4. The van der Waals surface area contributed by atoms with Gasteiger partial charge in [0.25, 0.3) is 5.91 Å². The van der Waals surface area contributed by atoms with Crippen LogP contribution in [0.1, 0.15) is 53.0 Å². The fourth-order valence-electron chi connectivity index (χ4n) is 7.44. The number of carbonyl (C=O) groups is 2. The van der Waals surface area contributed by atoms with Gasteiger partial charge in [0, 0.05) is 58.2 Å². The first-order chi connectivity index (χ1) is 19.2. The van der Waals surface area contributed by atoms with Gasteiger partial charge in [-0.25, -0.2) is 4.98 Å². The van der Waals surface area contributed by atoms with Gasteiger partial charge in [0.15, 0.2) is 12.1 Å². The maximum absolute atomic E-state index is 14.4. The molecule has 2 aromatic rings. The maximum Gasteiger partial charge on any atom is 0.417 e. The van der Waals surface area contributed by atoms with E-state index in [1.54, 1.807) is 16.9 Å². The number of halogens is 3. The van der Waals surface area contributed by atoms with Crippen molar-refractivity contribution in [2.45, 2.75) is 50.9 Å². The van der Waals surface area contributed by atoms with E-state index >= 15 is 0 Å². The molecule has 0 spiro atoms. The molecule has 12 heteroatoms. The van der Waals surface area contributed by atoms with Gasteiger partial charge in [-0.2, -0.15) is 13.2 Å². The third kappa shape index (κ3) is 4.89. The third-order valence-electron chi connectivity index (χ3n) is 9.36. The minimum Gasteiger partial charge on any atom is -0.451 e. The lowest BCUT2D eigenvalue weighted by atomic mass is 9.78. The summed E-state index contributed by atoms with van der Waals surface area (Å²) >= 11 is 0. The normalized spacial score (nSPS) is 30.3. The van der Waals surface area contributed by atoms with E-state index in [4.69, 9.17) is 13.9 Å². The molecule has 6 rings (SSSR count). The van der Waals surface area contributed by atoms with Crippen LogP contribution in [0.15, 0.2) is 29.3 Å². The number of likely N-dealkylation sites (tertiary alicyclic amines) is 1. The Hall–Kier alpha value is -2.99.